The fraction of sp³-hybridized carbons (Fsp3) is 0.636. The Balaban J connectivity index is 1.23. The zero-order chi connectivity index (χ0) is 21.3. The number of amides is 2. The van der Waals surface area contributed by atoms with E-state index < -0.39 is 6.36 Å². The highest BCUT2D eigenvalue weighted by atomic mass is 19.4. The van der Waals surface area contributed by atoms with E-state index in [2.05, 4.69) is 10.1 Å². The van der Waals surface area contributed by atoms with Gasteiger partial charge in [0, 0.05) is 36.4 Å². The highest BCUT2D eigenvalue weighted by Crippen LogP contribution is 2.60. The summed E-state index contributed by atoms with van der Waals surface area (Å²) in [6, 6.07) is 5.11. The fourth-order valence-corrected chi connectivity index (χ4v) is 5.86. The minimum atomic E-state index is -4.71. The lowest BCUT2D eigenvalue weighted by Crippen LogP contribution is -2.57. The Morgan fingerprint density at radius 1 is 1.23 bits per heavy atom. The Labute approximate surface area is 172 Å². The van der Waals surface area contributed by atoms with E-state index in [9.17, 15) is 22.8 Å². The number of carbonyl (C=O) groups excluding carboxylic acids is 2. The molecule has 2 aliphatic carbocycles. The molecule has 5 rings (SSSR count). The van der Waals surface area contributed by atoms with Gasteiger partial charge in [-0.05, 0) is 62.1 Å². The molecular weight excluding hydrogens is 397 g/mol. The van der Waals surface area contributed by atoms with E-state index in [-0.39, 0.29) is 40.4 Å². The van der Waals surface area contributed by atoms with E-state index in [0.29, 0.717) is 25.1 Å². The number of alkyl halides is 3. The molecule has 1 N–H and O–H groups in total. The first-order valence-electron chi connectivity index (χ1n) is 10.6. The van der Waals surface area contributed by atoms with Crippen molar-refractivity contribution in [1.29, 1.82) is 0 Å². The van der Waals surface area contributed by atoms with Crippen molar-refractivity contribution in [1.82, 2.24) is 10.2 Å². The van der Waals surface area contributed by atoms with Gasteiger partial charge in [-0.1, -0.05) is 12.1 Å². The predicted molar refractivity (Wildman–Crippen MR) is 102 cm³/mol. The molecule has 5 nitrogen and oxygen atoms in total. The molecule has 1 spiro atoms. The van der Waals surface area contributed by atoms with Gasteiger partial charge in [-0.2, -0.15) is 0 Å². The van der Waals surface area contributed by atoms with Crippen LogP contribution in [0.25, 0.3) is 0 Å². The van der Waals surface area contributed by atoms with Crippen LogP contribution in [0.3, 0.4) is 0 Å². The maximum atomic E-state index is 12.9. The van der Waals surface area contributed by atoms with Crippen LogP contribution in [0.1, 0.15) is 49.7 Å². The minimum Gasteiger partial charge on any atom is -0.406 e. The summed E-state index contributed by atoms with van der Waals surface area (Å²) in [6.45, 7) is 2.87. The molecule has 2 amide bonds. The lowest BCUT2D eigenvalue weighted by Gasteiger charge is -2.46. The van der Waals surface area contributed by atoms with Gasteiger partial charge in [0.25, 0.3) is 0 Å². The number of carbonyl (C=O) groups is 2. The molecule has 4 aliphatic rings. The third-order valence-corrected chi connectivity index (χ3v) is 7.66. The molecule has 2 heterocycles. The summed E-state index contributed by atoms with van der Waals surface area (Å²) in [5.74, 6) is 0.343. The van der Waals surface area contributed by atoms with Crippen LogP contribution in [0.2, 0.25) is 0 Å². The van der Waals surface area contributed by atoms with E-state index in [1.54, 1.807) is 13.0 Å². The number of nitrogens with zero attached hydrogens (tertiary/aromatic N) is 1. The van der Waals surface area contributed by atoms with Gasteiger partial charge < -0.3 is 15.0 Å². The van der Waals surface area contributed by atoms with Gasteiger partial charge in [0.05, 0.1) is 0 Å². The molecule has 0 radical (unpaired) electrons. The number of hydrogen-bond acceptors (Lipinski definition) is 3. The normalized spacial score (nSPS) is 34.9. The molecule has 30 heavy (non-hydrogen) atoms. The number of ether oxygens (including phenoxy) is 1. The first-order valence-corrected chi connectivity index (χ1v) is 10.6. The van der Waals surface area contributed by atoms with Crippen LogP contribution in [0.5, 0.6) is 5.75 Å². The molecule has 2 unspecified atom stereocenters. The number of aryl methyl sites for hydroxylation is 1. The number of hydrogen-bond donors (Lipinski definition) is 1. The Morgan fingerprint density at radius 2 is 2.00 bits per heavy atom. The second kappa shape index (κ2) is 6.37. The maximum Gasteiger partial charge on any atom is 0.573 e. The Hall–Kier alpha value is -2.25. The molecular formula is C22H25F3N2O3. The van der Waals surface area contributed by atoms with Crippen LogP contribution >= 0.6 is 0 Å². The summed E-state index contributed by atoms with van der Waals surface area (Å²) in [6.07, 6.45) is -0.260. The van der Waals surface area contributed by atoms with Gasteiger partial charge in [-0.25, -0.2) is 0 Å². The third kappa shape index (κ3) is 3.24. The van der Waals surface area contributed by atoms with Crippen molar-refractivity contribution in [2.45, 2.75) is 62.8 Å². The second-order valence-corrected chi connectivity index (χ2v) is 9.55. The van der Waals surface area contributed by atoms with Crippen LogP contribution in [0.15, 0.2) is 18.2 Å². The summed E-state index contributed by atoms with van der Waals surface area (Å²) in [4.78, 5) is 26.3. The zero-order valence-corrected chi connectivity index (χ0v) is 16.8. The summed E-state index contributed by atoms with van der Waals surface area (Å²) in [5.41, 5.74) is 1.03. The molecule has 162 valence electrons. The first-order chi connectivity index (χ1) is 14.1. The van der Waals surface area contributed by atoms with Crippen LogP contribution < -0.4 is 10.1 Å². The fourth-order valence-electron chi connectivity index (χ4n) is 5.86. The SMILES string of the molecule is Cc1ccc(C23CCN(C(=O)C4CC5(CCC(=O)N5)C4)CC2C3)cc1OC(F)(F)F. The van der Waals surface area contributed by atoms with E-state index >= 15 is 0 Å². The molecule has 0 bridgehead atoms. The number of halogens is 3. The number of benzene rings is 1. The Bertz CT molecular complexity index is 909. The Kier molecular flexibility index (Phi) is 4.19. The van der Waals surface area contributed by atoms with Crippen LogP contribution in [0.4, 0.5) is 13.2 Å². The molecule has 2 atom stereocenters. The largest absolute Gasteiger partial charge is 0.573 e. The van der Waals surface area contributed by atoms with Crippen LogP contribution in [-0.4, -0.2) is 41.7 Å². The standard InChI is InChI=1S/C22H25F3N2O3/c1-13-2-3-15(8-17(13)30-22(23,24)25)21-6-7-27(12-16(21)11-21)19(29)14-9-20(10-14)5-4-18(28)26-20/h2-3,8,14,16H,4-7,9-12H2,1H3,(H,26,28). The van der Waals surface area contributed by atoms with Crippen LogP contribution in [-0.2, 0) is 15.0 Å². The number of fused-ring (bicyclic) bond motifs is 1. The summed E-state index contributed by atoms with van der Waals surface area (Å²) < 4.78 is 42.3. The van der Waals surface area contributed by atoms with Crippen molar-refractivity contribution < 1.29 is 27.5 Å². The maximum absolute atomic E-state index is 12.9. The lowest BCUT2D eigenvalue weighted by molar-refractivity contribution is -0.274. The van der Waals surface area contributed by atoms with Gasteiger partial charge in [0.2, 0.25) is 11.8 Å². The number of nitrogens with one attached hydrogen (secondary N) is 1. The van der Waals surface area contributed by atoms with Gasteiger partial charge in [0.1, 0.15) is 5.75 Å². The number of likely N-dealkylation sites (tertiary alicyclic amines) is 1. The smallest absolute Gasteiger partial charge is 0.406 e. The molecule has 0 aromatic heterocycles. The minimum absolute atomic E-state index is 0.0270. The number of rotatable bonds is 3. The van der Waals surface area contributed by atoms with Gasteiger partial charge in [0.15, 0.2) is 0 Å². The second-order valence-electron chi connectivity index (χ2n) is 9.55. The summed E-state index contributed by atoms with van der Waals surface area (Å²) in [5, 5.41) is 3.02. The van der Waals surface area contributed by atoms with Crippen molar-refractivity contribution >= 4 is 11.8 Å². The van der Waals surface area contributed by atoms with Crippen molar-refractivity contribution in [2.75, 3.05) is 13.1 Å². The van der Waals surface area contributed by atoms with Crippen molar-refractivity contribution in [3.8, 4) is 5.75 Å². The van der Waals surface area contributed by atoms with E-state index in [4.69, 9.17) is 0 Å². The quantitative estimate of drug-likeness (QED) is 0.812. The number of piperidine rings is 1. The molecule has 4 fully saturated rings. The topological polar surface area (TPSA) is 58.6 Å². The molecule has 2 aliphatic heterocycles. The lowest BCUT2D eigenvalue weighted by atomic mass is 9.67. The highest BCUT2D eigenvalue weighted by molar-refractivity contribution is 5.84. The Morgan fingerprint density at radius 3 is 2.63 bits per heavy atom. The van der Waals surface area contributed by atoms with E-state index in [0.717, 1.165) is 37.7 Å². The highest BCUT2D eigenvalue weighted by Gasteiger charge is 2.59. The molecule has 8 heteroatoms. The average Bonchev–Trinajstić information content (AvgIpc) is 3.26. The first kappa shape index (κ1) is 19.7. The van der Waals surface area contributed by atoms with Crippen LogP contribution in [0, 0.1) is 18.8 Å². The predicted octanol–water partition coefficient (Wildman–Crippen LogP) is 3.44. The van der Waals surface area contributed by atoms with Gasteiger partial charge >= 0.3 is 6.36 Å². The molecule has 2 saturated heterocycles. The summed E-state index contributed by atoms with van der Waals surface area (Å²) in [7, 11) is 0. The van der Waals surface area contributed by atoms with E-state index in [1.165, 1.54) is 6.07 Å². The molecule has 2 saturated carbocycles. The van der Waals surface area contributed by atoms with Crippen molar-refractivity contribution in [3.05, 3.63) is 29.3 Å². The molecule has 1 aromatic carbocycles. The van der Waals surface area contributed by atoms with Crippen molar-refractivity contribution in [3.63, 3.8) is 0 Å². The molecule has 1 aromatic rings. The van der Waals surface area contributed by atoms with E-state index in [1.807, 2.05) is 11.0 Å². The average molecular weight is 422 g/mol. The van der Waals surface area contributed by atoms with Crippen molar-refractivity contribution in [2.24, 2.45) is 11.8 Å². The zero-order valence-electron chi connectivity index (χ0n) is 16.8. The van der Waals surface area contributed by atoms with Gasteiger partial charge in [-0.3, -0.25) is 9.59 Å². The third-order valence-electron chi connectivity index (χ3n) is 7.66. The monoisotopic (exact) mass is 422 g/mol. The summed E-state index contributed by atoms with van der Waals surface area (Å²) >= 11 is 0. The van der Waals surface area contributed by atoms with Gasteiger partial charge in [-0.15, -0.1) is 13.2 Å².